The van der Waals surface area contributed by atoms with Gasteiger partial charge in [-0.1, -0.05) is 35.5 Å². The lowest BCUT2D eigenvalue weighted by Crippen LogP contribution is -2.23. The summed E-state index contributed by atoms with van der Waals surface area (Å²) in [4.78, 5) is 0. The Bertz CT molecular complexity index is 256. The van der Waals surface area contributed by atoms with Gasteiger partial charge in [0, 0.05) is 12.1 Å². The summed E-state index contributed by atoms with van der Waals surface area (Å²) < 4.78 is 0. The zero-order valence-corrected chi connectivity index (χ0v) is 6.99. The van der Waals surface area contributed by atoms with Crippen LogP contribution in [0.2, 0.25) is 0 Å². The monoisotopic (exact) mass is 164 g/mol. The number of nitrogens with zero attached hydrogens (tertiary/aromatic N) is 1. The van der Waals surface area contributed by atoms with Gasteiger partial charge < -0.3 is 10.5 Å². The van der Waals surface area contributed by atoms with Crippen LogP contribution in [0.25, 0.3) is 0 Å². The zero-order chi connectivity index (χ0) is 8.81. The Hall–Kier alpha value is -1.51. The number of amidine groups is 1. The summed E-state index contributed by atoms with van der Waals surface area (Å²) in [7, 11) is 0. The lowest BCUT2D eigenvalue weighted by Gasteiger charge is -2.04. The quantitative estimate of drug-likeness (QED) is 0.300. The molecule has 0 bridgehead atoms. The van der Waals surface area contributed by atoms with Crippen molar-refractivity contribution < 1.29 is 5.21 Å². The van der Waals surface area contributed by atoms with E-state index >= 15 is 0 Å². The Labute approximate surface area is 71.7 Å². The van der Waals surface area contributed by atoms with Crippen LogP contribution in [-0.2, 0) is 0 Å². The van der Waals surface area contributed by atoms with E-state index in [4.69, 9.17) is 5.21 Å². The lowest BCUT2D eigenvalue weighted by atomic mass is 10.2. The highest BCUT2D eigenvalue weighted by Crippen LogP contribution is 1.98. The molecule has 0 amide bonds. The van der Waals surface area contributed by atoms with Gasteiger partial charge in [0.25, 0.3) is 0 Å². The SMILES string of the molecule is CCN/C(=N\O)c1ccccc1. The molecule has 1 rings (SSSR count). The number of benzene rings is 1. The third-order valence-electron chi connectivity index (χ3n) is 1.49. The van der Waals surface area contributed by atoms with Gasteiger partial charge in [-0.3, -0.25) is 0 Å². The van der Waals surface area contributed by atoms with Gasteiger partial charge in [0.2, 0.25) is 0 Å². The first-order valence-corrected chi connectivity index (χ1v) is 3.89. The van der Waals surface area contributed by atoms with Crippen LogP contribution in [0.1, 0.15) is 12.5 Å². The lowest BCUT2D eigenvalue weighted by molar-refractivity contribution is 0.317. The second kappa shape index (κ2) is 4.38. The fraction of sp³-hybridized carbons (Fsp3) is 0.222. The van der Waals surface area contributed by atoms with E-state index in [1.807, 2.05) is 37.3 Å². The van der Waals surface area contributed by atoms with Crippen LogP contribution >= 0.6 is 0 Å². The first-order valence-electron chi connectivity index (χ1n) is 3.89. The van der Waals surface area contributed by atoms with Crippen LogP contribution < -0.4 is 5.32 Å². The van der Waals surface area contributed by atoms with E-state index in [9.17, 15) is 0 Å². The fourth-order valence-electron chi connectivity index (χ4n) is 0.959. The second-order valence-electron chi connectivity index (χ2n) is 2.34. The Morgan fingerprint density at radius 2 is 2.08 bits per heavy atom. The van der Waals surface area contributed by atoms with Crippen LogP contribution in [0, 0.1) is 0 Å². The first kappa shape index (κ1) is 8.59. The predicted octanol–water partition coefficient (Wildman–Crippen LogP) is 1.43. The van der Waals surface area contributed by atoms with Crippen molar-refractivity contribution in [2.75, 3.05) is 6.54 Å². The number of nitrogens with one attached hydrogen (secondary N) is 1. The molecule has 0 fully saturated rings. The Morgan fingerprint density at radius 3 is 2.58 bits per heavy atom. The second-order valence-corrected chi connectivity index (χ2v) is 2.34. The van der Waals surface area contributed by atoms with Gasteiger partial charge in [-0.2, -0.15) is 0 Å². The smallest absolute Gasteiger partial charge is 0.172 e. The van der Waals surface area contributed by atoms with E-state index in [1.54, 1.807) is 0 Å². The van der Waals surface area contributed by atoms with Crippen LogP contribution in [0.4, 0.5) is 0 Å². The summed E-state index contributed by atoms with van der Waals surface area (Å²) in [5, 5.41) is 14.7. The van der Waals surface area contributed by atoms with Gasteiger partial charge in [0.15, 0.2) is 5.84 Å². The molecule has 12 heavy (non-hydrogen) atoms. The topological polar surface area (TPSA) is 44.6 Å². The van der Waals surface area contributed by atoms with Crippen molar-refractivity contribution in [2.45, 2.75) is 6.92 Å². The molecule has 0 aliphatic rings. The minimum absolute atomic E-state index is 0.512. The largest absolute Gasteiger partial charge is 0.409 e. The molecule has 0 aliphatic heterocycles. The molecule has 0 aromatic heterocycles. The molecule has 3 heteroatoms. The summed E-state index contributed by atoms with van der Waals surface area (Å²) >= 11 is 0. The molecule has 0 heterocycles. The van der Waals surface area contributed by atoms with E-state index in [1.165, 1.54) is 0 Å². The van der Waals surface area contributed by atoms with Crippen molar-refractivity contribution in [3.8, 4) is 0 Å². The highest BCUT2D eigenvalue weighted by molar-refractivity contribution is 5.98. The molecule has 1 aromatic carbocycles. The van der Waals surface area contributed by atoms with Crippen molar-refractivity contribution >= 4 is 5.84 Å². The molecule has 3 nitrogen and oxygen atoms in total. The van der Waals surface area contributed by atoms with Gasteiger partial charge in [-0.05, 0) is 6.92 Å². The number of rotatable bonds is 2. The predicted molar refractivity (Wildman–Crippen MR) is 48.4 cm³/mol. The molecule has 64 valence electrons. The first-order chi connectivity index (χ1) is 5.88. The van der Waals surface area contributed by atoms with Crippen molar-refractivity contribution in [3.63, 3.8) is 0 Å². The molecule has 0 spiro atoms. The molecule has 0 saturated carbocycles. The number of hydrogen-bond acceptors (Lipinski definition) is 2. The summed E-state index contributed by atoms with van der Waals surface area (Å²) in [6.07, 6.45) is 0. The number of oxime groups is 1. The maximum atomic E-state index is 8.64. The standard InChI is InChI=1S/C9H12N2O/c1-2-10-9(11-12)8-6-4-3-5-7-8/h3-7,12H,2H2,1H3,(H,10,11). The Balaban J connectivity index is 2.82. The maximum Gasteiger partial charge on any atom is 0.172 e. The van der Waals surface area contributed by atoms with Gasteiger partial charge in [-0.25, -0.2) is 0 Å². The maximum absolute atomic E-state index is 8.64. The minimum atomic E-state index is 0.512. The summed E-state index contributed by atoms with van der Waals surface area (Å²) in [5.74, 6) is 0.512. The third-order valence-corrected chi connectivity index (χ3v) is 1.49. The van der Waals surface area contributed by atoms with Gasteiger partial charge >= 0.3 is 0 Å². The summed E-state index contributed by atoms with van der Waals surface area (Å²) in [6, 6.07) is 9.50. The van der Waals surface area contributed by atoms with Gasteiger partial charge in [-0.15, -0.1) is 0 Å². The number of hydrogen-bond donors (Lipinski definition) is 2. The minimum Gasteiger partial charge on any atom is -0.409 e. The average molecular weight is 164 g/mol. The van der Waals surface area contributed by atoms with Crippen LogP contribution in [0.5, 0.6) is 0 Å². The molecule has 1 aromatic rings. The highest BCUT2D eigenvalue weighted by atomic mass is 16.4. The van der Waals surface area contributed by atoms with E-state index in [2.05, 4.69) is 10.5 Å². The van der Waals surface area contributed by atoms with Crippen molar-refractivity contribution in [3.05, 3.63) is 35.9 Å². The van der Waals surface area contributed by atoms with Crippen molar-refractivity contribution in [2.24, 2.45) is 5.16 Å². The van der Waals surface area contributed by atoms with Crippen molar-refractivity contribution in [1.29, 1.82) is 0 Å². The molecule has 0 aliphatic carbocycles. The third kappa shape index (κ3) is 1.99. The molecular weight excluding hydrogens is 152 g/mol. The Morgan fingerprint density at radius 1 is 1.42 bits per heavy atom. The summed E-state index contributed by atoms with van der Waals surface area (Å²) in [6.45, 7) is 2.70. The normalized spacial score (nSPS) is 11.2. The van der Waals surface area contributed by atoms with Crippen molar-refractivity contribution in [1.82, 2.24) is 5.32 Å². The highest BCUT2D eigenvalue weighted by Gasteiger charge is 1.99. The van der Waals surface area contributed by atoms with E-state index < -0.39 is 0 Å². The molecule has 0 atom stereocenters. The molecule has 0 saturated heterocycles. The van der Waals surface area contributed by atoms with Crippen LogP contribution in [0.15, 0.2) is 35.5 Å². The molecule has 0 unspecified atom stereocenters. The van der Waals surface area contributed by atoms with Crippen LogP contribution in [-0.4, -0.2) is 17.6 Å². The van der Waals surface area contributed by atoms with E-state index in [0.717, 1.165) is 12.1 Å². The Kier molecular flexibility index (Phi) is 3.14. The van der Waals surface area contributed by atoms with Gasteiger partial charge in [0.05, 0.1) is 0 Å². The van der Waals surface area contributed by atoms with Gasteiger partial charge in [0.1, 0.15) is 0 Å². The van der Waals surface area contributed by atoms with E-state index in [-0.39, 0.29) is 0 Å². The molecule has 0 radical (unpaired) electrons. The summed E-state index contributed by atoms with van der Waals surface area (Å²) in [5.41, 5.74) is 0.891. The van der Waals surface area contributed by atoms with E-state index in [0.29, 0.717) is 5.84 Å². The average Bonchev–Trinajstić information content (AvgIpc) is 2.15. The van der Waals surface area contributed by atoms with Crippen LogP contribution in [0.3, 0.4) is 0 Å². The molecule has 2 N–H and O–H groups in total. The molecular formula is C9H12N2O. The fourth-order valence-corrected chi connectivity index (χ4v) is 0.959. The zero-order valence-electron chi connectivity index (χ0n) is 6.99.